The molecule has 0 spiro atoms. The fraction of sp³-hybridized carbons (Fsp3) is 0.316. The summed E-state index contributed by atoms with van der Waals surface area (Å²) in [7, 11) is 0. The first-order valence-corrected chi connectivity index (χ1v) is 9.95. The molecule has 10 heteroatoms. The van der Waals surface area contributed by atoms with Gasteiger partial charge in [-0.15, -0.1) is 11.3 Å². The number of carbonyl (C=O) groups excluding carboxylic acids is 1. The second-order valence-electron chi connectivity index (χ2n) is 6.78. The lowest BCUT2D eigenvalue weighted by Crippen LogP contribution is -2.45. The third kappa shape index (κ3) is 3.77. The molecule has 1 amide bonds. The molecule has 0 unspecified atom stereocenters. The summed E-state index contributed by atoms with van der Waals surface area (Å²) in [5.74, 6) is -1.18. The van der Waals surface area contributed by atoms with E-state index in [2.05, 4.69) is 20.3 Å². The molecule has 1 aliphatic heterocycles. The van der Waals surface area contributed by atoms with Crippen LogP contribution in [0.15, 0.2) is 24.7 Å². The molecule has 9 nitrogen and oxygen atoms in total. The number of hydrogen-bond acceptors (Lipinski definition) is 7. The highest BCUT2D eigenvalue weighted by Crippen LogP contribution is 2.36. The Morgan fingerprint density at radius 3 is 3.03 bits per heavy atom. The number of H-pyrrole nitrogens is 1. The van der Waals surface area contributed by atoms with Crippen LogP contribution in [-0.2, 0) is 4.79 Å². The van der Waals surface area contributed by atoms with E-state index in [0.717, 1.165) is 40.8 Å². The highest BCUT2D eigenvalue weighted by molar-refractivity contribution is 7.16. The Balaban J connectivity index is 1.67. The van der Waals surface area contributed by atoms with E-state index in [1.54, 1.807) is 17.3 Å². The van der Waals surface area contributed by atoms with Crippen molar-refractivity contribution in [1.29, 1.82) is 5.26 Å². The average Bonchev–Trinajstić information content (AvgIpc) is 3.38. The van der Waals surface area contributed by atoms with E-state index < -0.39 is 5.97 Å². The van der Waals surface area contributed by atoms with Gasteiger partial charge in [-0.3, -0.25) is 4.79 Å². The standard InChI is InChI=1S/C19H18N6O3S/c20-5-3-15(26)25-7-1-2-11(10-25)24-16-12-4-6-21-17(12)22-8-13(16)18-23-9-14(29-18)19(27)28/h4,6,8-9,11H,1-3,7,10H2,(H,27,28)(H2,21,22,24)/t11-/m1/s1. The summed E-state index contributed by atoms with van der Waals surface area (Å²) in [6.07, 6.45) is 6.41. The minimum Gasteiger partial charge on any atom is -0.477 e. The number of fused-ring (bicyclic) bond motifs is 1. The number of anilines is 1. The Bertz CT molecular complexity index is 1110. The lowest BCUT2D eigenvalue weighted by atomic mass is 10.0. The number of likely N-dealkylation sites (tertiary alicyclic amines) is 1. The predicted molar refractivity (Wildman–Crippen MR) is 108 cm³/mol. The SMILES string of the molecule is N#CCC(=O)N1CCC[C@@H](Nc2c(-c3ncc(C(=O)O)s3)cnc3[nH]ccc23)C1. The number of nitrogens with one attached hydrogen (secondary N) is 2. The highest BCUT2D eigenvalue weighted by atomic mass is 32.1. The number of nitriles is 1. The zero-order valence-electron chi connectivity index (χ0n) is 15.4. The van der Waals surface area contributed by atoms with Crippen molar-refractivity contribution in [2.45, 2.75) is 25.3 Å². The third-order valence-corrected chi connectivity index (χ3v) is 5.90. The van der Waals surface area contributed by atoms with E-state index in [1.807, 2.05) is 12.1 Å². The fourth-order valence-electron chi connectivity index (χ4n) is 3.53. The van der Waals surface area contributed by atoms with E-state index in [0.29, 0.717) is 23.7 Å². The van der Waals surface area contributed by atoms with Crippen LogP contribution >= 0.6 is 11.3 Å². The summed E-state index contributed by atoms with van der Waals surface area (Å²) in [6.45, 7) is 1.16. The molecule has 3 N–H and O–H groups in total. The second kappa shape index (κ2) is 7.89. The molecule has 0 saturated carbocycles. The van der Waals surface area contributed by atoms with Crippen LogP contribution < -0.4 is 5.32 Å². The van der Waals surface area contributed by atoms with Gasteiger partial charge in [0.1, 0.15) is 22.0 Å². The van der Waals surface area contributed by atoms with Gasteiger partial charge in [0, 0.05) is 36.9 Å². The van der Waals surface area contributed by atoms with Crippen molar-refractivity contribution < 1.29 is 14.7 Å². The first-order valence-electron chi connectivity index (χ1n) is 9.13. The summed E-state index contributed by atoms with van der Waals surface area (Å²) >= 11 is 1.09. The monoisotopic (exact) mass is 410 g/mol. The largest absolute Gasteiger partial charge is 0.477 e. The van der Waals surface area contributed by atoms with Gasteiger partial charge < -0.3 is 20.3 Å². The number of aromatic nitrogens is 3. The number of hydrogen-bond donors (Lipinski definition) is 3. The van der Waals surface area contributed by atoms with Gasteiger partial charge in [-0.1, -0.05) is 0 Å². The van der Waals surface area contributed by atoms with Gasteiger partial charge >= 0.3 is 5.97 Å². The van der Waals surface area contributed by atoms with Crippen LogP contribution in [0.1, 0.15) is 28.9 Å². The minimum absolute atomic E-state index is 0.00421. The number of carboxylic acids is 1. The molecule has 1 saturated heterocycles. The second-order valence-corrected chi connectivity index (χ2v) is 7.81. The topological polar surface area (TPSA) is 135 Å². The molecule has 4 rings (SSSR count). The summed E-state index contributed by atoms with van der Waals surface area (Å²) in [6, 6.07) is 3.82. The minimum atomic E-state index is -1.02. The lowest BCUT2D eigenvalue weighted by molar-refractivity contribution is -0.131. The molecule has 3 aromatic rings. The van der Waals surface area contributed by atoms with Gasteiger partial charge in [0.2, 0.25) is 5.91 Å². The summed E-state index contributed by atoms with van der Waals surface area (Å²) < 4.78 is 0. The molecule has 1 aliphatic rings. The van der Waals surface area contributed by atoms with Gasteiger partial charge in [0.25, 0.3) is 0 Å². The predicted octanol–water partition coefficient (Wildman–Crippen LogP) is 2.70. The van der Waals surface area contributed by atoms with Gasteiger partial charge in [-0.2, -0.15) is 5.26 Å². The van der Waals surface area contributed by atoms with Crippen LogP contribution in [-0.4, -0.2) is 56.0 Å². The number of amides is 1. The van der Waals surface area contributed by atoms with Gasteiger partial charge in [-0.05, 0) is 18.9 Å². The Kier molecular flexibility index (Phi) is 5.14. The third-order valence-electron chi connectivity index (χ3n) is 4.89. The van der Waals surface area contributed by atoms with Crippen molar-refractivity contribution in [3.63, 3.8) is 0 Å². The zero-order chi connectivity index (χ0) is 20.4. The number of rotatable bonds is 5. The maximum absolute atomic E-state index is 12.1. The van der Waals surface area contributed by atoms with Crippen LogP contribution in [0.5, 0.6) is 0 Å². The summed E-state index contributed by atoms with van der Waals surface area (Å²) in [4.78, 5) is 37.0. The van der Waals surface area contributed by atoms with Crippen LogP contribution in [0.3, 0.4) is 0 Å². The molecule has 29 heavy (non-hydrogen) atoms. The van der Waals surface area contributed by atoms with Crippen LogP contribution in [0, 0.1) is 11.3 Å². The Hall–Kier alpha value is -3.45. The number of aromatic carboxylic acids is 1. The van der Waals surface area contributed by atoms with E-state index >= 15 is 0 Å². The molecular formula is C19H18N6O3S. The van der Waals surface area contributed by atoms with E-state index in [4.69, 9.17) is 5.26 Å². The average molecular weight is 410 g/mol. The maximum atomic E-state index is 12.1. The highest BCUT2D eigenvalue weighted by Gasteiger charge is 2.25. The first-order chi connectivity index (χ1) is 14.1. The summed E-state index contributed by atoms with van der Waals surface area (Å²) in [5, 5.41) is 23.0. The first kappa shape index (κ1) is 18.9. The van der Waals surface area contributed by atoms with Crippen molar-refractivity contribution in [2.75, 3.05) is 18.4 Å². The van der Waals surface area contributed by atoms with Crippen molar-refractivity contribution in [2.24, 2.45) is 0 Å². The normalized spacial score (nSPS) is 16.5. The van der Waals surface area contributed by atoms with Crippen molar-refractivity contribution in [3.8, 4) is 16.6 Å². The number of carboxylic acid groups (broad SMARTS) is 1. The lowest BCUT2D eigenvalue weighted by Gasteiger charge is -2.33. The molecular weight excluding hydrogens is 392 g/mol. The Labute approximate surface area is 170 Å². The molecule has 1 atom stereocenters. The van der Waals surface area contributed by atoms with Gasteiger partial charge in [-0.25, -0.2) is 14.8 Å². The number of aromatic amines is 1. The van der Waals surface area contributed by atoms with E-state index in [-0.39, 0.29) is 23.2 Å². The number of pyridine rings is 1. The number of thiazole rings is 1. The molecule has 1 fully saturated rings. The fourth-order valence-corrected chi connectivity index (χ4v) is 4.30. The number of nitrogens with zero attached hydrogens (tertiary/aromatic N) is 4. The molecule has 3 aromatic heterocycles. The summed E-state index contributed by atoms with van der Waals surface area (Å²) in [5.41, 5.74) is 2.23. The van der Waals surface area contributed by atoms with Crippen molar-refractivity contribution >= 4 is 39.9 Å². The van der Waals surface area contributed by atoms with Crippen molar-refractivity contribution in [3.05, 3.63) is 29.5 Å². The Morgan fingerprint density at radius 2 is 2.28 bits per heavy atom. The molecule has 0 bridgehead atoms. The number of carbonyl (C=O) groups is 2. The smallest absolute Gasteiger partial charge is 0.347 e. The molecule has 0 aromatic carbocycles. The quantitative estimate of drug-likeness (QED) is 0.588. The van der Waals surface area contributed by atoms with Crippen molar-refractivity contribution in [1.82, 2.24) is 19.9 Å². The maximum Gasteiger partial charge on any atom is 0.347 e. The molecule has 0 radical (unpaired) electrons. The van der Waals surface area contributed by atoms with Crippen LogP contribution in [0.4, 0.5) is 5.69 Å². The van der Waals surface area contributed by atoms with E-state index in [1.165, 1.54) is 6.20 Å². The number of piperidine rings is 1. The van der Waals surface area contributed by atoms with Crippen LogP contribution in [0.2, 0.25) is 0 Å². The zero-order valence-corrected chi connectivity index (χ0v) is 16.2. The molecule has 148 valence electrons. The molecule has 0 aliphatic carbocycles. The Morgan fingerprint density at radius 1 is 1.41 bits per heavy atom. The van der Waals surface area contributed by atoms with Crippen LogP contribution in [0.25, 0.3) is 21.6 Å². The van der Waals surface area contributed by atoms with Gasteiger partial charge in [0.15, 0.2) is 0 Å². The molecule has 4 heterocycles. The van der Waals surface area contributed by atoms with Gasteiger partial charge in [0.05, 0.1) is 23.5 Å². The van der Waals surface area contributed by atoms with E-state index in [9.17, 15) is 14.7 Å².